The van der Waals surface area contributed by atoms with Gasteiger partial charge < -0.3 is 20.5 Å². The summed E-state index contributed by atoms with van der Waals surface area (Å²) in [6, 6.07) is 8.30. The Morgan fingerprint density at radius 2 is 2.20 bits per heavy atom. The summed E-state index contributed by atoms with van der Waals surface area (Å²) in [5.74, 6) is -0.0266. The molecule has 0 radical (unpaired) electrons. The van der Waals surface area contributed by atoms with E-state index in [0.717, 1.165) is 36.1 Å². The fourth-order valence-electron chi connectivity index (χ4n) is 2.56. The van der Waals surface area contributed by atoms with Crippen molar-refractivity contribution in [1.29, 1.82) is 0 Å². The van der Waals surface area contributed by atoms with Crippen LogP contribution in [0.15, 0.2) is 24.3 Å². The van der Waals surface area contributed by atoms with E-state index in [0.29, 0.717) is 5.69 Å². The standard InChI is InChI=1S/C15H20N4O/c1-19(2)12-4-3-10-7-14(18-13(10)8-12)15(20)17-11-5-6-16-9-11/h3-4,7-8,11,16,18H,5-6,9H2,1-2H3,(H,17,20)/t11-/m1/s1. The monoisotopic (exact) mass is 272 g/mol. The zero-order valence-corrected chi connectivity index (χ0v) is 11.9. The molecule has 2 heterocycles. The van der Waals surface area contributed by atoms with Crippen LogP contribution in [0.5, 0.6) is 0 Å². The highest BCUT2D eigenvalue weighted by molar-refractivity contribution is 5.98. The van der Waals surface area contributed by atoms with E-state index >= 15 is 0 Å². The first-order valence-electron chi connectivity index (χ1n) is 6.95. The Labute approximate surface area is 118 Å². The van der Waals surface area contributed by atoms with E-state index in [1.165, 1.54) is 0 Å². The number of benzene rings is 1. The number of H-pyrrole nitrogens is 1. The number of amides is 1. The quantitative estimate of drug-likeness (QED) is 0.790. The van der Waals surface area contributed by atoms with Gasteiger partial charge in [-0.2, -0.15) is 0 Å². The van der Waals surface area contributed by atoms with Gasteiger partial charge in [0.1, 0.15) is 5.69 Å². The first-order chi connectivity index (χ1) is 9.63. The molecule has 1 aliphatic rings. The van der Waals surface area contributed by atoms with Gasteiger partial charge in [0.05, 0.1) is 0 Å². The van der Waals surface area contributed by atoms with Gasteiger partial charge in [0, 0.05) is 43.3 Å². The molecule has 1 aromatic heterocycles. The second kappa shape index (κ2) is 5.17. The SMILES string of the molecule is CN(C)c1ccc2cc(C(=O)N[C@@H]3CCNC3)[nH]c2c1. The lowest BCUT2D eigenvalue weighted by Gasteiger charge is -2.11. The van der Waals surface area contributed by atoms with E-state index in [1.54, 1.807) is 0 Å². The molecule has 3 N–H and O–H groups in total. The number of hydrogen-bond acceptors (Lipinski definition) is 3. The first-order valence-corrected chi connectivity index (χ1v) is 6.95. The lowest BCUT2D eigenvalue weighted by Crippen LogP contribution is -2.36. The van der Waals surface area contributed by atoms with Crippen LogP contribution in [0.1, 0.15) is 16.9 Å². The number of nitrogens with zero attached hydrogens (tertiary/aromatic N) is 1. The summed E-state index contributed by atoms with van der Waals surface area (Å²) < 4.78 is 0. The van der Waals surface area contributed by atoms with Crippen molar-refractivity contribution in [3.8, 4) is 0 Å². The number of aromatic nitrogens is 1. The van der Waals surface area contributed by atoms with Crippen LogP contribution >= 0.6 is 0 Å². The summed E-state index contributed by atoms with van der Waals surface area (Å²) in [6.45, 7) is 1.83. The molecule has 1 atom stereocenters. The molecule has 5 heteroatoms. The molecule has 2 aromatic rings. The van der Waals surface area contributed by atoms with Crippen LogP contribution in [0.2, 0.25) is 0 Å². The van der Waals surface area contributed by atoms with Gasteiger partial charge in [-0.3, -0.25) is 4.79 Å². The highest BCUT2D eigenvalue weighted by atomic mass is 16.1. The second-order valence-corrected chi connectivity index (χ2v) is 5.51. The minimum Gasteiger partial charge on any atom is -0.378 e. The molecule has 106 valence electrons. The maximum Gasteiger partial charge on any atom is 0.267 e. The summed E-state index contributed by atoms with van der Waals surface area (Å²) >= 11 is 0. The average molecular weight is 272 g/mol. The highest BCUT2D eigenvalue weighted by Gasteiger charge is 2.18. The molecule has 5 nitrogen and oxygen atoms in total. The third-order valence-electron chi connectivity index (χ3n) is 3.76. The van der Waals surface area contributed by atoms with E-state index in [4.69, 9.17) is 0 Å². The Bertz CT molecular complexity index is 626. The van der Waals surface area contributed by atoms with E-state index in [2.05, 4.69) is 27.8 Å². The van der Waals surface area contributed by atoms with Crippen molar-refractivity contribution in [3.05, 3.63) is 30.0 Å². The van der Waals surface area contributed by atoms with E-state index < -0.39 is 0 Å². The predicted molar refractivity (Wildman–Crippen MR) is 81.4 cm³/mol. The van der Waals surface area contributed by atoms with Gasteiger partial charge in [-0.1, -0.05) is 6.07 Å². The van der Waals surface area contributed by atoms with Crippen molar-refractivity contribution in [2.75, 3.05) is 32.1 Å². The largest absolute Gasteiger partial charge is 0.378 e. The zero-order valence-electron chi connectivity index (χ0n) is 11.9. The minimum absolute atomic E-state index is 0.0266. The van der Waals surface area contributed by atoms with Crippen molar-refractivity contribution in [2.45, 2.75) is 12.5 Å². The van der Waals surface area contributed by atoms with E-state index in [9.17, 15) is 4.79 Å². The fraction of sp³-hybridized carbons (Fsp3) is 0.400. The number of anilines is 1. The summed E-state index contributed by atoms with van der Waals surface area (Å²) in [4.78, 5) is 17.5. The molecular weight excluding hydrogens is 252 g/mol. The molecule has 1 aromatic carbocycles. The van der Waals surface area contributed by atoms with Gasteiger partial charge >= 0.3 is 0 Å². The molecule has 0 saturated carbocycles. The van der Waals surface area contributed by atoms with Crippen molar-refractivity contribution < 1.29 is 4.79 Å². The molecular formula is C15H20N4O. The Morgan fingerprint density at radius 3 is 2.90 bits per heavy atom. The molecule has 0 spiro atoms. The highest BCUT2D eigenvalue weighted by Crippen LogP contribution is 2.21. The number of fused-ring (bicyclic) bond motifs is 1. The molecule has 1 amide bonds. The minimum atomic E-state index is -0.0266. The number of carbonyl (C=O) groups excluding carboxylic acids is 1. The molecule has 0 unspecified atom stereocenters. The number of nitrogens with one attached hydrogen (secondary N) is 3. The number of carbonyl (C=O) groups is 1. The molecule has 0 aliphatic carbocycles. The lowest BCUT2D eigenvalue weighted by molar-refractivity contribution is 0.0936. The van der Waals surface area contributed by atoms with Gasteiger partial charge in [-0.05, 0) is 31.2 Å². The normalized spacial score (nSPS) is 18.4. The Hall–Kier alpha value is -2.01. The molecule has 1 saturated heterocycles. The summed E-state index contributed by atoms with van der Waals surface area (Å²) in [5, 5.41) is 7.36. The number of aromatic amines is 1. The maximum atomic E-state index is 12.2. The third kappa shape index (κ3) is 2.49. The summed E-state index contributed by atoms with van der Waals surface area (Å²) in [5.41, 5.74) is 2.74. The van der Waals surface area contributed by atoms with Crippen molar-refractivity contribution in [2.24, 2.45) is 0 Å². The predicted octanol–water partition coefficient (Wildman–Crippen LogP) is 1.33. The maximum absolute atomic E-state index is 12.2. The average Bonchev–Trinajstić information content (AvgIpc) is 3.05. The lowest BCUT2D eigenvalue weighted by atomic mass is 10.2. The van der Waals surface area contributed by atoms with E-state index in [1.807, 2.05) is 31.1 Å². The fourth-order valence-corrected chi connectivity index (χ4v) is 2.56. The van der Waals surface area contributed by atoms with Crippen LogP contribution < -0.4 is 15.5 Å². The second-order valence-electron chi connectivity index (χ2n) is 5.51. The van der Waals surface area contributed by atoms with Crippen LogP contribution in [-0.4, -0.2) is 44.1 Å². The van der Waals surface area contributed by atoms with Gasteiger partial charge in [-0.15, -0.1) is 0 Å². The van der Waals surface area contributed by atoms with Gasteiger partial charge in [0.2, 0.25) is 0 Å². The van der Waals surface area contributed by atoms with Crippen LogP contribution in [0.3, 0.4) is 0 Å². The summed E-state index contributed by atoms with van der Waals surface area (Å²) in [7, 11) is 4.01. The molecule has 0 bridgehead atoms. The molecule has 3 rings (SSSR count). The van der Waals surface area contributed by atoms with E-state index in [-0.39, 0.29) is 11.9 Å². The van der Waals surface area contributed by atoms with Crippen molar-refractivity contribution >= 4 is 22.5 Å². The zero-order chi connectivity index (χ0) is 14.1. The number of hydrogen-bond donors (Lipinski definition) is 3. The first kappa shape index (κ1) is 13.0. The smallest absolute Gasteiger partial charge is 0.267 e. The van der Waals surface area contributed by atoms with Crippen molar-refractivity contribution in [1.82, 2.24) is 15.6 Å². The Balaban J connectivity index is 1.82. The molecule has 1 fully saturated rings. The van der Waals surface area contributed by atoms with Crippen LogP contribution in [0.25, 0.3) is 10.9 Å². The summed E-state index contributed by atoms with van der Waals surface area (Å²) in [6.07, 6.45) is 0.997. The topological polar surface area (TPSA) is 60.2 Å². The van der Waals surface area contributed by atoms with Crippen molar-refractivity contribution in [3.63, 3.8) is 0 Å². The molecule has 1 aliphatic heterocycles. The van der Waals surface area contributed by atoms with Crippen LogP contribution in [-0.2, 0) is 0 Å². The van der Waals surface area contributed by atoms with Gasteiger partial charge in [0.15, 0.2) is 0 Å². The van der Waals surface area contributed by atoms with Crippen LogP contribution in [0, 0.1) is 0 Å². The van der Waals surface area contributed by atoms with Gasteiger partial charge in [-0.25, -0.2) is 0 Å². The Morgan fingerprint density at radius 1 is 1.35 bits per heavy atom. The Kier molecular flexibility index (Phi) is 3.36. The molecule has 20 heavy (non-hydrogen) atoms. The number of rotatable bonds is 3. The third-order valence-corrected chi connectivity index (χ3v) is 3.76. The van der Waals surface area contributed by atoms with Gasteiger partial charge in [0.25, 0.3) is 5.91 Å². The van der Waals surface area contributed by atoms with Crippen LogP contribution in [0.4, 0.5) is 5.69 Å².